The van der Waals surface area contributed by atoms with E-state index in [-0.39, 0.29) is 16.8 Å². The number of carbonyl (C=O) groups excluding carboxylic acids is 1. The lowest BCUT2D eigenvalue weighted by Gasteiger charge is -2.10. The Bertz CT molecular complexity index is 889. The summed E-state index contributed by atoms with van der Waals surface area (Å²) in [6, 6.07) is 6.43. The van der Waals surface area contributed by atoms with Crippen LogP contribution in [0.5, 0.6) is 0 Å². The molecule has 25 heavy (non-hydrogen) atoms. The summed E-state index contributed by atoms with van der Waals surface area (Å²) < 4.78 is 31.9. The van der Waals surface area contributed by atoms with E-state index in [4.69, 9.17) is 4.42 Å². The number of pyridine rings is 1. The normalized spacial score (nSPS) is 12.0. The van der Waals surface area contributed by atoms with E-state index in [1.165, 1.54) is 0 Å². The Morgan fingerprint density at radius 3 is 2.84 bits per heavy atom. The van der Waals surface area contributed by atoms with Gasteiger partial charge in [-0.15, -0.1) is 10.2 Å². The van der Waals surface area contributed by atoms with Gasteiger partial charge in [0.15, 0.2) is 0 Å². The van der Waals surface area contributed by atoms with E-state index in [1.807, 2.05) is 0 Å². The van der Waals surface area contributed by atoms with E-state index in [0.29, 0.717) is 11.6 Å². The molecule has 0 spiro atoms. The molecule has 128 valence electrons. The summed E-state index contributed by atoms with van der Waals surface area (Å²) >= 11 is 1.03. The van der Waals surface area contributed by atoms with Crippen molar-refractivity contribution in [3.05, 3.63) is 54.4 Å². The van der Waals surface area contributed by atoms with Gasteiger partial charge in [0.05, 0.1) is 16.5 Å². The van der Waals surface area contributed by atoms with Gasteiger partial charge < -0.3 is 9.73 Å². The first-order valence-corrected chi connectivity index (χ1v) is 8.07. The molecule has 0 aliphatic carbocycles. The van der Waals surface area contributed by atoms with Crippen molar-refractivity contribution in [2.45, 2.75) is 17.4 Å². The standard InChI is InChI=1S/C16H12F2N4O2S/c1-9(14(23)20-13-5-4-11(17)7-12(13)18)25-16-22-21-15(24-16)10-3-2-6-19-8-10/h2-9H,1H3,(H,20,23)/t9-/m1/s1. The van der Waals surface area contributed by atoms with Crippen molar-refractivity contribution < 1.29 is 18.0 Å². The summed E-state index contributed by atoms with van der Waals surface area (Å²) in [7, 11) is 0. The second kappa shape index (κ2) is 7.39. The lowest BCUT2D eigenvalue weighted by Crippen LogP contribution is -2.23. The maximum atomic E-state index is 13.6. The number of hydrogen-bond donors (Lipinski definition) is 1. The summed E-state index contributed by atoms with van der Waals surface area (Å²) in [5.41, 5.74) is 0.563. The summed E-state index contributed by atoms with van der Waals surface area (Å²) in [6.45, 7) is 1.61. The highest BCUT2D eigenvalue weighted by Crippen LogP contribution is 2.26. The first-order valence-electron chi connectivity index (χ1n) is 7.19. The highest BCUT2D eigenvalue weighted by Gasteiger charge is 2.20. The Labute approximate surface area is 145 Å². The van der Waals surface area contributed by atoms with E-state index in [0.717, 1.165) is 23.9 Å². The Morgan fingerprint density at radius 1 is 1.28 bits per heavy atom. The van der Waals surface area contributed by atoms with E-state index < -0.39 is 22.8 Å². The second-order valence-electron chi connectivity index (χ2n) is 4.99. The predicted octanol–water partition coefficient (Wildman–Crippen LogP) is 3.53. The molecule has 1 atom stereocenters. The van der Waals surface area contributed by atoms with Crippen molar-refractivity contribution in [2.24, 2.45) is 0 Å². The zero-order valence-corrected chi connectivity index (χ0v) is 13.8. The van der Waals surface area contributed by atoms with Crippen LogP contribution < -0.4 is 5.32 Å². The Morgan fingerprint density at radius 2 is 2.12 bits per heavy atom. The van der Waals surface area contributed by atoms with Crippen LogP contribution in [0.3, 0.4) is 0 Å². The number of aromatic nitrogens is 3. The molecular weight excluding hydrogens is 350 g/mol. The van der Waals surface area contributed by atoms with Gasteiger partial charge in [0.1, 0.15) is 11.6 Å². The summed E-state index contributed by atoms with van der Waals surface area (Å²) in [5, 5.41) is 9.72. The molecule has 6 nitrogen and oxygen atoms in total. The SMILES string of the molecule is C[C@@H](Sc1nnc(-c2cccnc2)o1)C(=O)Nc1ccc(F)cc1F. The van der Waals surface area contributed by atoms with Gasteiger partial charge in [-0.2, -0.15) is 0 Å². The topological polar surface area (TPSA) is 80.9 Å². The Hall–Kier alpha value is -2.81. The highest BCUT2D eigenvalue weighted by atomic mass is 32.2. The minimum absolute atomic E-state index is 0.0968. The van der Waals surface area contributed by atoms with Crippen molar-refractivity contribution in [2.75, 3.05) is 5.32 Å². The smallest absolute Gasteiger partial charge is 0.277 e. The highest BCUT2D eigenvalue weighted by molar-refractivity contribution is 8.00. The minimum Gasteiger partial charge on any atom is -0.411 e. The van der Waals surface area contributed by atoms with E-state index in [2.05, 4.69) is 20.5 Å². The van der Waals surface area contributed by atoms with Gasteiger partial charge in [0.25, 0.3) is 5.22 Å². The number of nitrogens with zero attached hydrogens (tertiary/aromatic N) is 3. The van der Waals surface area contributed by atoms with Crippen LogP contribution >= 0.6 is 11.8 Å². The molecule has 2 heterocycles. The number of rotatable bonds is 5. The van der Waals surface area contributed by atoms with Crippen molar-refractivity contribution in [1.29, 1.82) is 0 Å². The molecule has 0 fully saturated rings. The number of benzene rings is 1. The van der Waals surface area contributed by atoms with Crippen LogP contribution in [0.2, 0.25) is 0 Å². The molecule has 0 saturated carbocycles. The zero-order valence-electron chi connectivity index (χ0n) is 12.9. The van der Waals surface area contributed by atoms with Crippen LogP contribution in [0.4, 0.5) is 14.5 Å². The molecule has 0 unspecified atom stereocenters. The average molecular weight is 362 g/mol. The van der Waals surface area contributed by atoms with E-state index >= 15 is 0 Å². The van der Waals surface area contributed by atoms with Crippen LogP contribution in [-0.2, 0) is 4.79 Å². The van der Waals surface area contributed by atoms with Crippen LogP contribution in [0, 0.1) is 11.6 Å². The quantitative estimate of drug-likeness (QED) is 0.700. The maximum Gasteiger partial charge on any atom is 0.277 e. The number of carbonyl (C=O) groups is 1. The molecule has 9 heteroatoms. The van der Waals surface area contributed by atoms with Crippen LogP contribution in [0.25, 0.3) is 11.5 Å². The molecule has 0 radical (unpaired) electrons. The van der Waals surface area contributed by atoms with Gasteiger partial charge in [-0.25, -0.2) is 8.78 Å². The first-order chi connectivity index (χ1) is 12.0. The molecule has 0 aliphatic rings. The molecule has 0 bridgehead atoms. The summed E-state index contributed by atoms with van der Waals surface area (Å²) in [5.74, 6) is -1.75. The summed E-state index contributed by atoms with van der Waals surface area (Å²) in [4.78, 5) is 16.1. The lowest BCUT2D eigenvalue weighted by molar-refractivity contribution is -0.115. The Balaban J connectivity index is 1.65. The fourth-order valence-electron chi connectivity index (χ4n) is 1.89. The predicted molar refractivity (Wildman–Crippen MR) is 87.8 cm³/mol. The number of nitrogens with one attached hydrogen (secondary N) is 1. The number of hydrogen-bond acceptors (Lipinski definition) is 6. The molecule has 3 rings (SSSR count). The molecule has 1 aromatic carbocycles. The number of amides is 1. The largest absolute Gasteiger partial charge is 0.411 e. The lowest BCUT2D eigenvalue weighted by atomic mass is 10.3. The third-order valence-corrected chi connectivity index (χ3v) is 4.09. The monoisotopic (exact) mass is 362 g/mol. The third-order valence-electron chi connectivity index (χ3n) is 3.15. The van der Waals surface area contributed by atoms with Crippen molar-refractivity contribution >= 4 is 23.4 Å². The molecular formula is C16H12F2N4O2S. The third kappa shape index (κ3) is 4.18. The molecule has 1 N–H and O–H groups in total. The van der Waals surface area contributed by atoms with Crippen molar-refractivity contribution in [1.82, 2.24) is 15.2 Å². The first kappa shape index (κ1) is 17.0. The molecule has 2 aromatic heterocycles. The van der Waals surface area contributed by atoms with E-state index in [9.17, 15) is 13.6 Å². The average Bonchev–Trinajstić information content (AvgIpc) is 3.06. The van der Waals surface area contributed by atoms with Crippen molar-refractivity contribution in [3.63, 3.8) is 0 Å². The van der Waals surface area contributed by atoms with E-state index in [1.54, 1.807) is 31.5 Å². The molecule has 1 amide bonds. The fraction of sp³-hybridized carbons (Fsp3) is 0.125. The van der Waals surface area contributed by atoms with Gasteiger partial charge in [0, 0.05) is 18.5 Å². The number of halogens is 2. The molecule has 3 aromatic rings. The summed E-state index contributed by atoms with van der Waals surface area (Å²) in [6.07, 6.45) is 3.20. The zero-order chi connectivity index (χ0) is 17.8. The molecule has 0 saturated heterocycles. The van der Waals surface area contributed by atoms with Gasteiger partial charge >= 0.3 is 0 Å². The van der Waals surface area contributed by atoms with Crippen LogP contribution in [0.1, 0.15) is 6.92 Å². The van der Waals surface area contributed by atoms with Crippen LogP contribution in [0.15, 0.2) is 52.4 Å². The number of thioether (sulfide) groups is 1. The Kier molecular flexibility index (Phi) is 5.03. The van der Waals surface area contributed by atoms with Gasteiger partial charge in [-0.05, 0) is 31.2 Å². The van der Waals surface area contributed by atoms with Gasteiger partial charge in [-0.1, -0.05) is 11.8 Å². The van der Waals surface area contributed by atoms with Gasteiger partial charge in [0.2, 0.25) is 11.8 Å². The fourth-order valence-corrected chi connectivity index (χ4v) is 2.58. The van der Waals surface area contributed by atoms with Crippen molar-refractivity contribution in [3.8, 4) is 11.5 Å². The number of anilines is 1. The molecule has 0 aliphatic heterocycles. The maximum absolute atomic E-state index is 13.6. The van der Waals surface area contributed by atoms with Crippen LogP contribution in [-0.4, -0.2) is 26.3 Å². The second-order valence-corrected chi connectivity index (χ2v) is 6.28. The minimum atomic E-state index is -0.845. The van der Waals surface area contributed by atoms with Gasteiger partial charge in [-0.3, -0.25) is 9.78 Å².